The summed E-state index contributed by atoms with van der Waals surface area (Å²) in [7, 11) is 1.39. The molecule has 0 saturated heterocycles. The number of rotatable bonds is 5. The van der Waals surface area contributed by atoms with Crippen LogP contribution in [0.5, 0.6) is 11.5 Å². The molecule has 2 aromatic heterocycles. The van der Waals surface area contributed by atoms with Gasteiger partial charge in [-0.1, -0.05) is 11.2 Å². The van der Waals surface area contributed by atoms with Crippen LogP contribution in [0.3, 0.4) is 0 Å². The Labute approximate surface area is 143 Å². The highest BCUT2D eigenvalue weighted by Gasteiger charge is 2.23. The maximum Gasteiger partial charge on any atom is 0.342 e. The third kappa shape index (κ3) is 3.42. The minimum atomic E-state index is -0.795. The van der Waals surface area contributed by atoms with Gasteiger partial charge in [0.05, 0.1) is 7.11 Å². The summed E-state index contributed by atoms with van der Waals surface area (Å²) in [6.07, 6.45) is 2.44. The molecule has 8 heteroatoms. The van der Waals surface area contributed by atoms with E-state index in [-0.39, 0.29) is 23.0 Å². The van der Waals surface area contributed by atoms with Crippen molar-refractivity contribution in [2.75, 3.05) is 7.11 Å². The van der Waals surface area contributed by atoms with Crippen LogP contribution < -0.4 is 4.74 Å². The average Bonchev–Trinajstić information content (AvgIpc) is 3.13. The second kappa shape index (κ2) is 7.00. The molecule has 0 bridgehead atoms. The Balaban J connectivity index is 1.75. The van der Waals surface area contributed by atoms with Crippen molar-refractivity contribution in [1.82, 2.24) is 15.1 Å². The zero-order valence-corrected chi connectivity index (χ0v) is 13.5. The lowest BCUT2D eigenvalue weighted by Gasteiger charge is -2.11. The molecule has 3 rings (SSSR count). The zero-order chi connectivity index (χ0) is 17.8. The second-order valence-corrected chi connectivity index (χ2v) is 5.10. The van der Waals surface area contributed by atoms with Gasteiger partial charge in [0.25, 0.3) is 5.89 Å². The number of carbonyl (C=O) groups is 1. The quantitative estimate of drug-likeness (QED) is 0.706. The summed E-state index contributed by atoms with van der Waals surface area (Å²) in [6.45, 7) is 1.59. The first kappa shape index (κ1) is 16.4. The molecule has 0 spiro atoms. The molecule has 0 aliphatic carbocycles. The molecular weight excluding hydrogens is 326 g/mol. The summed E-state index contributed by atoms with van der Waals surface area (Å²) < 4.78 is 15.4. The van der Waals surface area contributed by atoms with Gasteiger partial charge in [0.1, 0.15) is 5.56 Å². The van der Waals surface area contributed by atoms with E-state index in [1.54, 1.807) is 37.5 Å². The molecule has 128 valence electrons. The number of methoxy groups -OCH3 is 1. The van der Waals surface area contributed by atoms with E-state index in [4.69, 9.17) is 14.0 Å². The van der Waals surface area contributed by atoms with E-state index in [1.807, 2.05) is 0 Å². The van der Waals surface area contributed by atoms with Crippen molar-refractivity contribution in [3.63, 3.8) is 0 Å². The van der Waals surface area contributed by atoms with E-state index in [2.05, 4.69) is 15.1 Å². The molecular formula is C17H15N3O5. The zero-order valence-electron chi connectivity index (χ0n) is 13.5. The molecule has 0 radical (unpaired) electrons. The first-order valence-electron chi connectivity index (χ1n) is 7.41. The van der Waals surface area contributed by atoms with Crippen LogP contribution in [0.15, 0.2) is 47.2 Å². The average molecular weight is 341 g/mol. The normalized spacial score (nSPS) is 11.8. The Kier molecular flexibility index (Phi) is 4.60. The molecule has 1 atom stereocenters. The summed E-state index contributed by atoms with van der Waals surface area (Å²) in [4.78, 5) is 20.4. The molecule has 1 unspecified atom stereocenters. The molecule has 3 aromatic rings. The number of carbonyl (C=O) groups excluding carboxylic acids is 1. The highest BCUT2D eigenvalue weighted by molar-refractivity contribution is 5.93. The van der Waals surface area contributed by atoms with E-state index < -0.39 is 12.1 Å². The van der Waals surface area contributed by atoms with Crippen LogP contribution in [-0.4, -0.2) is 33.3 Å². The molecule has 0 aliphatic heterocycles. The molecule has 1 N–H and O–H groups in total. The lowest BCUT2D eigenvalue weighted by Crippen LogP contribution is -2.10. The summed E-state index contributed by atoms with van der Waals surface area (Å²) in [5, 5.41) is 13.9. The Morgan fingerprint density at radius 1 is 1.28 bits per heavy atom. The number of hydrogen-bond acceptors (Lipinski definition) is 8. The van der Waals surface area contributed by atoms with E-state index >= 15 is 0 Å². The molecule has 0 amide bonds. The minimum Gasteiger partial charge on any atom is -0.504 e. The molecule has 25 heavy (non-hydrogen) atoms. The summed E-state index contributed by atoms with van der Waals surface area (Å²) in [5.41, 5.74) is 0.666. The van der Waals surface area contributed by atoms with Crippen LogP contribution in [0, 0.1) is 0 Å². The maximum atomic E-state index is 12.3. The number of ether oxygens (including phenoxy) is 2. The van der Waals surface area contributed by atoms with Crippen molar-refractivity contribution >= 4 is 5.97 Å². The summed E-state index contributed by atoms with van der Waals surface area (Å²) in [5.74, 6) is -0.364. The number of phenolic OH excluding ortho intramolecular Hbond substituents is 1. The van der Waals surface area contributed by atoms with Crippen LogP contribution in [0.25, 0.3) is 11.4 Å². The van der Waals surface area contributed by atoms with Crippen LogP contribution >= 0.6 is 0 Å². The lowest BCUT2D eigenvalue weighted by molar-refractivity contribution is 0.0262. The van der Waals surface area contributed by atoms with Gasteiger partial charge in [0.2, 0.25) is 5.82 Å². The van der Waals surface area contributed by atoms with Crippen molar-refractivity contribution < 1.29 is 23.9 Å². The Morgan fingerprint density at radius 2 is 2.12 bits per heavy atom. The molecule has 1 aromatic carbocycles. The molecule has 0 fully saturated rings. The van der Waals surface area contributed by atoms with E-state index in [0.717, 1.165) is 0 Å². The van der Waals surface area contributed by atoms with Crippen molar-refractivity contribution in [1.29, 1.82) is 0 Å². The van der Waals surface area contributed by atoms with Gasteiger partial charge < -0.3 is 19.1 Å². The van der Waals surface area contributed by atoms with Crippen LogP contribution in [0.1, 0.15) is 29.3 Å². The summed E-state index contributed by atoms with van der Waals surface area (Å²) >= 11 is 0. The monoisotopic (exact) mass is 341 g/mol. The van der Waals surface area contributed by atoms with Crippen molar-refractivity contribution in [2.45, 2.75) is 13.0 Å². The largest absolute Gasteiger partial charge is 0.504 e. The Hall–Kier alpha value is -3.42. The highest BCUT2D eigenvalue weighted by atomic mass is 16.6. The number of phenols is 1. The number of esters is 1. The smallest absolute Gasteiger partial charge is 0.342 e. The fourth-order valence-electron chi connectivity index (χ4n) is 2.14. The molecule has 2 heterocycles. The van der Waals surface area contributed by atoms with Gasteiger partial charge in [-0.25, -0.2) is 4.79 Å². The van der Waals surface area contributed by atoms with Gasteiger partial charge >= 0.3 is 5.97 Å². The number of hydrogen-bond donors (Lipinski definition) is 1. The minimum absolute atomic E-state index is 0.0156. The molecule has 0 saturated carbocycles. The standard InChI is InChI=1S/C17H15N3O5/c1-10(16-19-15(20-25-16)11-5-4-8-18-9-11)24-17(22)12-6-3-7-13(23-2)14(12)21/h3-10,21H,1-2H3. The first-order valence-corrected chi connectivity index (χ1v) is 7.41. The van der Waals surface area contributed by atoms with Gasteiger partial charge in [-0.05, 0) is 31.2 Å². The Bertz CT molecular complexity index is 879. The Morgan fingerprint density at radius 3 is 2.84 bits per heavy atom. The number of benzene rings is 1. The number of pyridine rings is 1. The van der Waals surface area contributed by atoms with Gasteiger partial charge in [-0.15, -0.1) is 0 Å². The third-order valence-electron chi connectivity index (χ3n) is 3.43. The van der Waals surface area contributed by atoms with Crippen LogP contribution in [0.2, 0.25) is 0 Å². The van der Waals surface area contributed by atoms with E-state index in [9.17, 15) is 9.90 Å². The number of aromatic nitrogens is 3. The first-order chi connectivity index (χ1) is 12.1. The summed E-state index contributed by atoms with van der Waals surface area (Å²) in [6, 6.07) is 8.08. The molecule has 8 nitrogen and oxygen atoms in total. The van der Waals surface area contributed by atoms with E-state index in [0.29, 0.717) is 11.4 Å². The topological polar surface area (TPSA) is 108 Å². The fourth-order valence-corrected chi connectivity index (χ4v) is 2.14. The predicted octanol–water partition coefficient (Wildman–Crippen LogP) is 2.76. The van der Waals surface area contributed by atoms with Crippen molar-refractivity contribution in [2.24, 2.45) is 0 Å². The molecule has 0 aliphatic rings. The van der Waals surface area contributed by atoms with Crippen LogP contribution in [0.4, 0.5) is 0 Å². The van der Waals surface area contributed by atoms with Gasteiger partial charge in [-0.2, -0.15) is 4.98 Å². The number of nitrogens with zero attached hydrogens (tertiary/aromatic N) is 3. The van der Waals surface area contributed by atoms with Gasteiger partial charge in [0, 0.05) is 18.0 Å². The van der Waals surface area contributed by atoms with Crippen LogP contribution in [-0.2, 0) is 4.74 Å². The van der Waals surface area contributed by atoms with Gasteiger partial charge in [0.15, 0.2) is 17.6 Å². The number of para-hydroxylation sites is 1. The van der Waals surface area contributed by atoms with Crippen molar-refractivity contribution in [3.05, 3.63) is 54.2 Å². The lowest BCUT2D eigenvalue weighted by atomic mass is 10.2. The fraction of sp³-hybridized carbons (Fsp3) is 0.176. The van der Waals surface area contributed by atoms with Gasteiger partial charge in [-0.3, -0.25) is 4.98 Å². The SMILES string of the molecule is COc1cccc(C(=O)OC(C)c2nc(-c3cccnc3)no2)c1O. The second-order valence-electron chi connectivity index (χ2n) is 5.10. The van der Waals surface area contributed by atoms with E-state index in [1.165, 1.54) is 19.2 Å². The maximum absolute atomic E-state index is 12.3. The highest BCUT2D eigenvalue weighted by Crippen LogP contribution is 2.31. The van der Waals surface area contributed by atoms with Crippen molar-refractivity contribution in [3.8, 4) is 22.9 Å². The third-order valence-corrected chi connectivity index (χ3v) is 3.43. The predicted molar refractivity (Wildman–Crippen MR) is 86.0 cm³/mol. The number of aromatic hydroxyl groups is 1.